The molecule has 0 fully saturated rings. The van der Waals surface area contributed by atoms with Crippen LogP contribution in [0.4, 0.5) is 0 Å². The first-order valence-electron chi connectivity index (χ1n) is 5.09. The smallest absolute Gasteiger partial charge is 0.264 e. The van der Waals surface area contributed by atoms with E-state index in [0.29, 0.717) is 11.8 Å². The van der Waals surface area contributed by atoms with Crippen molar-refractivity contribution in [3.63, 3.8) is 0 Å². The van der Waals surface area contributed by atoms with Crippen molar-refractivity contribution in [1.29, 1.82) is 0 Å². The Morgan fingerprint density at radius 3 is 2.50 bits per heavy atom. The van der Waals surface area contributed by atoms with Crippen LogP contribution in [0.15, 0.2) is 10.9 Å². The van der Waals surface area contributed by atoms with Crippen molar-refractivity contribution in [2.24, 2.45) is 5.92 Å². The zero-order chi connectivity index (χ0) is 10.7. The van der Waals surface area contributed by atoms with Gasteiger partial charge in [-0.3, -0.25) is 4.79 Å². The number of nitrogens with one attached hydrogen (secondary N) is 1. The van der Waals surface area contributed by atoms with Crippen molar-refractivity contribution in [3.05, 3.63) is 27.7 Å². The SMILES string of the molecule is CC(C)Cc1n[nH]c(=O)cc1C(C)C. The van der Waals surface area contributed by atoms with Gasteiger partial charge in [0.05, 0.1) is 5.69 Å². The second kappa shape index (κ2) is 4.40. The Morgan fingerprint density at radius 1 is 1.36 bits per heavy atom. The molecular weight excluding hydrogens is 176 g/mol. The van der Waals surface area contributed by atoms with Gasteiger partial charge in [0.2, 0.25) is 0 Å². The van der Waals surface area contributed by atoms with Crippen LogP contribution in [0.2, 0.25) is 0 Å². The molecule has 3 nitrogen and oxygen atoms in total. The van der Waals surface area contributed by atoms with Gasteiger partial charge in [0.1, 0.15) is 0 Å². The molecule has 0 radical (unpaired) electrons. The molecule has 1 aromatic rings. The normalized spacial score (nSPS) is 11.3. The second-order valence-corrected chi connectivity index (χ2v) is 4.39. The fourth-order valence-electron chi connectivity index (χ4n) is 1.49. The predicted octanol–water partition coefficient (Wildman–Crippen LogP) is 2.09. The molecule has 0 atom stereocenters. The molecule has 1 aromatic heterocycles. The molecule has 0 saturated heterocycles. The van der Waals surface area contributed by atoms with Crippen LogP contribution in [-0.4, -0.2) is 10.2 Å². The molecule has 1 heterocycles. The van der Waals surface area contributed by atoms with Gasteiger partial charge in [-0.2, -0.15) is 5.10 Å². The standard InChI is InChI=1S/C11H18N2O/c1-7(2)5-10-9(8(3)4)6-11(14)13-12-10/h6-8H,5H2,1-4H3,(H,13,14). The molecule has 0 aliphatic rings. The zero-order valence-electron chi connectivity index (χ0n) is 9.29. The number of aromatic amines is 1. The summed E-state index contributed by atoms with van der Waals surface area (Å²) in [6, 6.07) is 1.66. The number of hydrogen-bond donors (Lipinski definition) is 1. The number of hydrogen-bond acceptors (Lipinski definition) is 2. The van der Waals surface area contributed by atoms with E-state index >= 15 is 0 Å². The summed E-state index contributed by atoms with van der Waals surface area (Å²) in [5.74, 6) is 0.921. The minimum absolute atomic E-state index is 0.110. The Hall–Kier alpha value is -1.12. The van der Waals surface area contributed by atoms with Gasteiger partial charge in [-0.15, -0.1) is 0 Å². The summed E-state index contributed by atoms with van der Waals surface area (Å²) in [5, 5.41) is 6.60. The van der Waals surface area contributed by atoms with Gasteiger partial charge in [0, 0.05) is 6.07 Å². The van der Waals surface area contributed by atoms with Gasteiger partial charge >= 0.3 is 0 Å². The van der Waals surface area contributed by atoms with E-state index < -0.39 is 0 Å². The zero-order valence-corrected chi connectivity index (χ0v) is 9.29. The van der Waals surface area contributed by atoms with Crippen LogP contribution < -0.4 is 5.56 Å². The van der Waals surface area contributed by atoms with Crippen molar-refractivity contribution in [1.82, 2.24) is 10.2 Å². The van der Waals surface area contributed by atoms with E-state index in [1.165, 1.54) is 0 Å². The summed E-state index contributed by atoms with van der Waals surface area (Å²) < 4.78 is 0. The predicted molar refractivity (Wildman–Crippen MR) is 57.5 cm³/mol. The Labute approximate surface area is 84.6 Å². The maximum Gasteiger partial charge on any atom is 0.264 e. The van der Waals surface area contributed by atoms with E-state index in [4.69, 9.17) is 0 Å². The maximum atomic E-state index is 11.1. The third-order valence-electron chi connectivity index (χ3n) is 2.14. The molecule has 0 aliphatic carbocycles. The van der Waals surface area contributed by atoms with Gasteiger partial charge in [0.15, 0.2) is 0 Å². The molecule has 3 heteroatoms. The lowest BCUT2D eigenvalue weighted by Crippen LogP contribution is -2.14. The third kappa shape index (κ3) is 2.69. The van der Waals surface area contributed by atoms with E-state index in [2.05, 4.69) is 37.9 Å². The minimum atomic E-state index is -0.110. The fraction of sp³-hybridized carbons (Fsp3) is 0.636. The molecule has 0 amide bonds. The first-order valence-corrected chi connectivity index (χ1v) is 5.09. The highest BCUT2D eigenvalue weighted by Crippen LogP contribution is 2.17. The molecule has 0 saturated carbocycles. The van der Waals surface area contributed by atoms with Gasteiger partial charge in [-0.05, 0) is 23.8 Å². The average molecular weight is 194 g/mol. The van der Waals surface area contributed by atoms with Gasteiger partial charge < -0.3 is 0 Å². The average Bonchev–Trinajstić information content (AvgIpc) is 2.07. The summed E-state index contributed by atoms with van der Waals surface area (Å²) in [7, 11) is 0. The molecule has 1 rings (SSSR count). The Morgan fingerprint density at radius 2 is 2.00 bits per heavy atom. The maximum absolute atomic E-state index is 11.1. The lowest BCUT2D eigenvalue weighted by molar-refractivity contribution is 0.614. The van der Waals surface area contributed by atoms with E-state index in [1.54, 1.807) is 6.07 Å². The molecule has 0 unspecified atom stereocenters. The van der Waals surface area contributed by atoms with Crippen molar-refractivity contribution in [3.8, 4) is 0 Å². The Kier molecular flexibility index (Phi) is 3.44. The van der Waals surface area contributed by atoms with Crippen molar-refractivity contribution < 1.29 is 0 Å². The van der Waals surface area contributed by atoms with Crippen LogP contribution in [0.25, 0.3) is 0 Å². The number of H-pyrrole nitrogens is 1. The van der Waals surface area contributed by atoms with Crippen LogP contribution in [0.5, 0.6) is 0 Å². The topological polar surface area (TPSA) is 45.8 Å². The molecule has 14 heavy (non-hydrogen) atoms. The molecule has 0 aromatic carbocycles. The highest BCUT2D eigenvalue weighted by molar-refractivity contribution is 5.21. The lowest BCUT2D eigenvalue weighted by Gasteiger charge is -2.11. The van der Waals surface area contributed by atoms with E-state index in [1.807, 2.05) is 0 Å². The van der Waals surface area contributed by atoms with Crippen LogP contribution in [0.1, 0.15) is 44.9 Å². The molecule has 1 N–H and O–H groups in total. The van der Waals surface area contributed by atoms with Crippen molar-refractivity contribution in [2.75, 3.05) is 0 Å². The lowest BCUT2D eigenvalue weighted by atomic mass is 9.97. The third-order valence-corrected chi connectivity index (χ3v) is 2.14. The molecule has 0 bridgehead atoms. The largest absolute Gasteiger partial charge is 0.268 e. The van der Waals surface area contributed by atoms with Gasteiger partial charge in [0.25, 0.3) is 5.56 Å². The molecule has 78 valence electrons. The molecule has 0 aliphatic heterocycles. The first-order chi connectivity index (χ1) is 6.50. The van der Waals surface area contributed by atoms with E-state index in [9.17, 15) is 4.79 Å². The van der Waals surface area contributed by atoms with Gasteiger partial charge in [-0.25, -0.2) is 5.10 Å². The van der Waals surface area contributed by atoms with Crippen LogP contribution in [0.3, 0.4) is 0 Å². The summed E-state index contributed by atoms with van der Waals surface area (Å²) in [5.41, 5.74) is 1.98. The van der Waals surface area contributed by atoms with Crippen LogP contribution >= 0.6 is 0 Å². The number of nitrogens with zero attached hydrogens (tertiary/aromatic N) is 1. The summed E-state index contributed by atoms with van der Waals surface area (Å²) in [6.45, 7) is 8.47. The minimum Gasteiger partial charge on any atom is -0.268 e. The number of aromatic nitrogens is 2. The summed E-state index contributed by atoms with van der Waals surface area (Å²) in [4.78, 5) is 11.1. The molecular formula is C11H18N2O. The molecule has 0 spiro atoms. The van der Waals surface area contributed by atoms with Crippen molar-refractivity contribution >= 4 is 0 Å². The summed E-state index contributed by atoms with van der Waals surface area (Å²) >= 11 is 0. The second-order valence-electron chi connectivity index (χ2n) is 4.39. The van der Waals surface area contributed by atoms with Gasteiger partial charge in [-0.1, -0.05) is 27.7 Å². The highest BCUT2D eigenvalue weighted by Gasteiger charge is 2.10. The quantitative estimate of drug-likeness (QED) is 0.800. The van der Waals surface area contributed by atoms with Crippen LogP contribution in [0, 0.1) is 5.92 Å². The highest BCUT2D eigenvalue weighted by atomic mass is 16.1. The monoisotopic (exact) mass is 194 g/mol. The van der Waals surface area contributed by atoms with E-state index in [-0.39, 0.29) is 5.56 Å². The van der Waals surface area contributed by atoms with Crippen molar-refractivity contribution in [2.45, 2.75) is 40.0 Å². The number of rotatable bonds is 3. The fourth-order valence-corrected chi connectivity index (χ4v) is 1.49. The summed E-state index contributed by atoms with van der Waals surface area (Å²) in [6.07, 6.45) is 0.921. The van der Waals surface area contributed by atoms with Crippen LogP contribution in [-0.2, 0) is 6.42 Å². The Bertz CT molecular complexity index is 353. The Balaban J connectivity index is 3.08. The van der Waals surface area contributed by atoms with E-state index in [0.717, 1.165) is 17.7 Å². The first kappa shape index (κ1) is 11.0.